The summed E-state index contributed by atoms with van der Waals surface area (Å²) in [4.78, 5) is 29.9. The number of carbonyl (C=O) groups excluding carboxylic acids is 1. The molecule has 0 spiro atoms. The molecule has 1 aromatic heterocycles. The Bertz CT molecular complexity index is 786. The first kappa shape index (κ1) is 19.9. The molecular weight excluding hydrogens is 354 g/mol. The predicted octanol–water partition coefficient (Wildman–Crippen LogP) is 2.81. The van der Waals surface area contributed by atoms with Crippen molar-refractivity contribution in [2.45, 2.75) is 39.2 Å². The number of aromatic nitrogens is 3. The monoisotopic (exact) mass is 383 g/mol. The third-order valence-corrected chi connectivity index (χ3v) is 4.72. The third-order valence-electron chi connectivity index (χ3n) is 4.72. The van der Waals surface area contributed by atoms with E-state index in [2.05, 4.69) is 37.4 Å². The lowest BCUT2D eigenvalue weighted by Crippen LogP contribution is -2.33. The Labute approximate surface area is 166 Å². The lowest BCUT2D eigenvalue weighted by Gasteiger charge is -2.27. The fourth-order valence-electron chi connectivity index (χ4n) is 3.07. The first-order valence-corrected chi connectivity index (χ1v) is 9.86. The fraction of sp³-hybridized carbons (Fsp3) is 0.500. The molecule has 0 aliphatic carbocycles. The van der Waals surface area contributed by atoms with Gasteiger partial charge in [0.05, 0.1) is 6.54 Å². The average Bonchev–Trinajstić information content (AvgIpc) is 2.73. The number of benzene rings is 1. The summed E-state index contributed by atoms with van der Waals surface area (Å²) >= 11 is 0. The zero-order valence-electron chi connectivity index (χ0n) is 16.9. The van der Waals surface area contributed by atoms with Crippen LogP contribution in [-0.4, -0.2) is 48.2 Å². The molecular formula is C20H29N7O. The molecule has 3 rings (SSSR count). The minimum atomic E-state index is -0.282. The highest BCUT2D eigenvalue weighted by Crippen LogP contribution is 2.18. The number of carbonyl (C=O) groups is 1. The van der Waals surface area contributed by atoms with Crippen molar-refractivity contribution >= 4 is 23.6 Å². The number of aryl methyl sites for hydroxylation is 1. The molecule has 0 atom stereocenters. The number of hydrogen-bond acceptors (Lipinski definition) is 6. The van der Waals surface area contributed by atoms with Crippen molar-refractivity contribution in [3.05, 3.63) is 35.7 Å². The molecule has 8 heteroatoms. The molecule has 0 unspecified atom stereocenters. The van der Waals surface area contributed by atoms with Crippen LogP contribution < -0.4 is 20.4 Å². The number of nitrogens with zero attached hydrogens (tertiary/aromatic N) is 5. The van der Waals surface area contributed by atoms with E-state index >= 15 is 0 Å². The van der Waals surface area contributed by atoms with E-state index in [-0.39, 0.29) is 12.6 Å². The number of hydrogen-bond donors (Lipinski definition) is 2. The Kier molecular flexibility index (Phi) is 6.62. The highest BCUT2D eigenvalue weighted by Gasteiger charge is 2.17. The van der Waals surface area contributed by atoms with Crippen molar-refractivity contribution in [3.8, 4) is 0 Å². The van der Waals surface area contributed by atoms with Crippen LogP contribution in [0.1, 0.15) is 37.6 Å². The summed E-state index contributed by atoms with van der Waals surface area (Å²) in [5, 5.41) is 5.67. The minimum Gasteiger partial charge on any atom is -0.347 e. The summed E-state index contributed by atoms with van der Waals surface area (Å²) in [5.74, 6) is 1.84. The van der Waals surface area contributed by atoms with Gasteiger partial charge in [0.15, 0.2) is 5.82 Å². The molecule has 1 aliphatic rings. The maximum absolute atomic E-state index is 12.2. The van der Waals surface area contributed by atoms with Gasteiger partial charge in [-0.05, 0) is 43.4 Å². The summed E-state index contributed by atoms with van der Waals surface area (Å²) < 4.78 is 0. The predicted molar refractivity (Wildman–Crippen MR) is 112 cm³/mol. The number of nitrogens with one attached hydrogen (secondary N) is 2. The number of amides is 2. The second kappa shape index (κ2) is 9.34. The standard InChI is InChI=1S/C20H29N7O/c1-4-15-8-10-16(11-9-15)22-20(28)21-14-17-23-18(26(2)3)25-19(24-17)27-12-6-5-7-13-27/h8-11H,4-7,12-14H2,1-3H3,(H2,21,22,28). The Hall–Kier alpha value is -2.90. The Morgan fingerprint density at radius 3 is 2.43 bits per heavy atom. The first-order valence-electron chi connectivity index (χ1n) is 9.86. The maximum atomic E-state index is 12.2. The Morgan fingerprint density at radius 2 is 1.79 bits per heavy atom. The van der Waals surface area contributed by atoms with Crippen molar-refractivity contribution in [2.24, 2.45) is 0 Å². The number of piperidine rings is 1. The van der Waals surface area contributed by atoms with E-state index in [0.29, 0.717) is 17.7 Å². The third kappa shape index (κ3) is 5.31. The van der Waals surface area contributed by atoms with Gasteiger partial charge in [-0.15, -0.1) is 0 Å². The summed E-state index contributed by atoms with van der Waals surface area (Å²) in [5.41, 5.74) is 1.99. The molecule has 2 amide bonds. The quantitative estimate of drug-likeness (QED) is 0.798. The molecule has 8 nitrogen and oxygen atoms in total. The molecule has 1 aliphatic heterocycles. The van der Waals surface area contributed by atoms with Gasteiger partial charge in [-0.1, -0.05) is 19.1 Å². The Balaban J connectivity index is 1.64. The molecule has 28 heavy (non-hydrogen) atoms. The van der Waals surface area contributed by atoms with Crippen molar-refractivity contribution in [1.29, 1.82) is 0 Å². The van der Waals surface area contributed by atoms with E-state index in [0.717, 1.165) is 38.0 Å². The molecule has 1 saturated heterocycles. The van der Waals surface area contributed by atoms with Crippen molar-refractivity contribution < 1.29 is 4.79 Å². The van der Waals surface area contributed by atoms with Crippen LogP contribution in [0.5, 0.6) is 0 Å². The molecule has 1 fully saturated rings. The van der Waals surface area contributed by atoms with Gasteiger partial charge in [-0.25, -0.2) is 4.79 Å². The van der Waals surface area contributed by atoms with Gasteiger partial charge in [0.1, 0.15) is 0 Å². The number of urea groups is 1. The van der Waals surface area contributed by atoms with Crippen LogP contribution in [0.15, 0.2) is 24.3 Å². The highest BCUT2D eigenvalue weighted by molar-refractivity contribution is 5.89. The van der Waals surface area contributed by atoms with Crippen molar-refractivity contribution in [2.75, 3.05) is 42.3 Å². The maximum Gasteiger partial charge on any atom is 0.319 e. The summed E-state index contributed by atoms with van der Waals surface area (Å²) in [6, 6.07) is 7.54. The zero-order valence-corrected chi connectivity index (χ0v) is 16.9. The summed E-state index contributed by atoms with van der Waals surface area (Å²) in [7, 11) is 3.80. The topological polar surface area (TPSA) is 86.3 Å². The molecule has 150 valence electrons. The fourth-order valence-corrected chi connectivity index (χ4v) is 3.07. The SMILES string of the molecule is CCc1ccc(NC(=O)NCc2nc(N(C)C)nc(N3CCCCC3)n2)cc1. The number of anilines is 3. The van der Waals surface area contributed by atoms with Gasteiger partial charge < -0.3 is 20.4 Å². The first-order chi connectivity index (χ1) is 13.5. The van der Waals surface area contributed by atoms with Crippen molar-refractivity contribution in [1.82, 2.24) is 20.3 Å². The van der Waals surface area contributed by atoms with Crippen LogP contribution >= 0.6 is 0 Å². The molecule has 0 radical (unpaired) electrons. The second-order valence-corrected chi connectivity index (χ2v) is 7.15. The zero-order chi connectivity index (χ0) is 19.9. The van der Waals surface area contributed by atoms with Crippen molar-refractivity contribution in [3.63, 3.8) is 0 Å². The van der Waals surface area contributed by atoms with E-state index in [1.807, 2.05) is 43.3 Å². The highest BCUT2D eigenvalue weighted by atomic mass is 16.2. The molecule has 2 heterocycles. The molecule has 1 aromatic carbocycles. The van der Waals surface area contributed by atoms with Crippen LogP contribution in [0, 0.1) is 0 Å². The van der Waals surface area contributed by atoms with Crippen LogP contribution in [0.4, 0.5) is 22.4 Å². The van der Waals surface area contributed by atoms with Gasteiger partial charge in [0.2, 0.25) is 11.9 Å². The van der Waals surface area contributed by atoms with Gasteiger partial charge in [-0.2, -0.15) is 15.0 Å². The molecule has 0 saturated carbocycles. The molecule has 2 aromatic rings. The van der Waals surface area contributed by atoms with E-state index in [9.17, 15) is 4.79 Å². The summed E-state index contributed by atoms with van der Waals surface area (Å²) in [6.07, 6.45) is 4.51. The van der Waals surface area contributed by atoms with Gasteiger partial charge in [0.25, 0.3) is 0 Å². The lowest BCUT2D eigenvalue weighted by molar-refractivity contribution is 0.251. The van der Waals surface area contributed by atoms with E-state index in [4.69, 9.17) is 0 Å². The minimum absolute atomic E-state index is 0.239. The van der Waals surface area contributed by atoms with Gasteiger partial charge in [0, 0.05) is 32.9 Å². The van der Waals surface area contributed by atoms with E-state index in [1.54, 1.807) is 0 Å². The van der Waals surface area contributed by atoms with Crippen LogP contribution in [0.25, 0.3) is 0 Å². The smallest absolute Gasteiger partial charge is 0.319 e. The van der Waals surface area contributed by atoms with Gasteiger partial charge >= 0.3 is 6.03 Å². The van der Waals surface area contributed by atoms with E-state index < -0.39 is 0 Å². The van der Waals surface area contributed by atoms with Crippen LogP contribution in [0.2, 0.25) is 0 Å². The molecule has 2 N–H and O–H groups in total. The second-order valence-electron chi connectivity index (χ2n) is 7.15. The van der Waals surface area contributed by atoms with Crippen LogP contribution in [-0.2, 0) is 13.0 Å². The van der Waals surface area contributed by atoms with E-state index in [1.165, 1.54) is 12.0 Å². The lowest BCUT2D eigenvalue weighted by atomic mass is 10.1. The molecule has 0 bridgehead atoms. The summed E-state index contributed by atoms with van der Waals surface area (Å²) in [6.45, 7) is 4.25. The largest absolute Gasteiger partial charge is 0.347 e. The van der Waals surface area contributed by atoms with Crippen LogP contribution in [0.3, 0.4) is 0 Å². The van der Waals surface area contributed by atoms with Gasteiger partial charge in [-0.3, -0.25) is 0 Å². The normalized spacial score (nSPS) is 13.9. The number of rotatable bonds is 6. The average molecular weight is 384 g/mol. The Morgan fingerprint density at radius 1 is 1.07 bits per heavy atom.